The van der Waals surface area contributed by atoms with Gasteiger partial charge in [-0.3, -0.25) is 4.79 Å². The average Bonchev–Trinajstić information content (AvgIpc) is 2.81. The molecular formula is C15H18N2O2S. The molecule has 0 amide bonds. The Morgan fingerprint density at radius 3 is 2.65 bits per heavy atom. The molecular weight excluding hydrogens is 272 g/mol. The molecule has 0 fully saturated rings. The Labute approximate surface area is 122 Å². The lowest BCUT2D eigenvalue weighted by atomic mass is 10.2. The predicted molar refractivity (Wildman–Crippen MR) is 80.7 cm³/mol. The Kier molecular flexibility index (Phi) is 4.84. The molecule has 20 heavy (non-hydrogen) atoms. The quantitative estimate of drug-likeness (QED) is 0.829. The van der Waals surface area contributed by atoms with E-state index in [1.54, 1.807) is 0 Å². The predicted octanol–water partition coefficient (Wildman–Crippen LogP) is 3.31. The molecule has 0 unspecified atom stereocenters. The number of thioether (sulfide) groups is 1. The van der Waals surface area contributed by atoms with Crippen molar-refractivity contribution in [3.8, 4) is 5.69 Å². The fraction of sp³-hybridized carbons (Fsp3) is 0.333. The molecule has 0 saturated carbocycles. The van der Waals surface area contributed by atoms with E-state index in [1.165, 1.54) is 17.3 Å². The molecule has 2 aromatic rings. The van der Waals surface area contributed by atoms with E-state index in [4.69, 9.17) is 5.11 Å². The van der Waals surface area contributed by atoms with E-state index in [2.05, 4.69) is 12.0 Å². The summed E-state index contributed by atoms with van der Waals surface area (Å²) < 4.78 is 1.83. The van der Waals surface area contributed by atoms with Gasteiger partial charge in [0.1, 0.15) is 5.03 Å². The highest BCUT2D eigenvalue weighted by molar-refractivity contribution is 7.99. The number of hydrogen-bond acceptors (Lipinski definition) is 3. The number of aryl methyl sites for hydroxylation is 2. The normalized spacial score (nSPS) is 10.7. The lowest BCUT2D eigenvalue weighted by Crippen LogP contribution is -2.02. The fourth-order valence-electron chi connectivity index (χ4n) is 1.90. The highest BCUT2D eigenvalue weighted by Crippen LogP contribution is 2.24. The van der Waals surface area contributed by atoms with Crippen molar-refractivity contribution in [2.75, 3.05) is 5.75 Å². The molecule has 1 heterocycles. The van der Waals surface area contributed by atoms with Gasteiger partial charge in [-0.2, -0.15) is 5.10 Å². The van der Waals surface area contributed by atoms with E-state index in [-0.39, 0.29) is 5.75 Å². The molecule has 0 aliphatic carbocycles. The molecule has 2 rings (SSSR count). The van der Waals surface area contributed by atoms with Crippen LogP contribution in [0.15, 0.2) is 35.4 Å². The number of carboxylic acid groups (broad SMARTS) is 1. The van der Waals surface area contributed by atoms with Gasteiger partial charge in [0, 0.05) is 0 Å². The minimum Gasteiger partial charge on any atom is -0.481 e. The lowest BCUT2D eigenvalue weighted by Gasteiger charge is -2.06. The summed E-state index contributed by atoms with van der Waals surface area (Å²) in [4.78, 5) is 10.7. The second-order valence-electron chi connectivity index (χ2n) is 4.65. The molecule has 1 N–H and O–H groups in total. The van der Waals surface area contributed by atoms with E-state index >= 15 is 0 Å². The first-order chi connectivity index (χ1) is 9.60. The first kappa shape index (κ1) is 14.7. The van der Waals surface area contributed by atoms with Crippen molar-refractivity contribution < 1.29 is 9.90 Å². The van der Waals surface area contributed by atoms with Crippen LogP contribution in [0.4, 0.5) is 0 Å². The Balaban J connectivity index is 2.33. The average molecular weight is 290 g/mol. The van der Waals surface area contributed by atoms with Crippen molar-refractivity contribution in [2.45, 2.75) is 31.7 Å². The topological polar surface area (TPSA) is 55.1 Å². The van der Waals surface area contributed by atoms with Crippen LogP contribution in [-0.4, -0.2) is 26.6 Å². The molecule has 1 aromatic heterocycles. The zero-order valence-corrected chi connectivity index (χ0v) is 12.5. The van der Waals surface area contributed by atoms with Crippen molar-refractivity contribution in [3.63, 3.8) is 0 Å². The van der Waals surface area contributed by atoms with Crippen LogP contribution in [0.3, 0.4) is 0 Å². The van der Waals surface area contributed by atoms with Crippen molar-refractivity contribution in [1.29, 1.82) is 0 Å². The third kappa shape index (κ3) is 3.63. The highest BCUT2D eigenvalue weighted by Gasteiger charge is 2.11. The van der Waals surface area contributed by atoms with Gasteiger partial charge in [0.2, 0.25) is 0 Å². The van der Waals surface area contributed by atoms with Gasteiger partial charge < -0.3 is 5.11 Å². The van der Waals surface area contributed by atoms with Gasteiger partial charge in [0.25, 0.3) is 0 Å². The molecule has 5 heteroatoms. The zero-order chi connectivity index (χ0) is 14.5. The molecule has 0 bridgehead atoms. The van der Waals surface area contributed by atoms with Gasteiger partial charge in [-0.05, 0) is 31.5 Å². The maximum Gasteiger partial charge on any atom is 0.313 e. The molecule has 0 spiro atoms. The lowest BCUT2D eigenvalue weighted by molar-refractivity contribution is -0.133. The molecule has 0 aliphatic heterocycles. The van der Waals surface area contributed by atoms with Gasteiger partial charge in [0.15, 0.2) is 0 Å². The second kappa shape index (κ2) is 6.61. The fourth-order valence-corrected chi connectivity index (χ4v) is 2.66. The van der Waals surface area contributed by atoms with Crippen LogP contribution in [0.25, 0.3) is 5.69 Å². The van der Waals surface area contributed by atoms with Gasteiger partial charge in [-0.1, -0.05) is 42.8 Å². The summed E-state index contributed by atoms with van der Waals surface area (Å²) in [5.74, 6) is -0.771. The summed E-state index contributed by atoms with van der Waals surface area (Å²) in [5.41, 5.74) is 3.15. The summed E-state index contributed by atoms with van der Waals surface area (Å²) in [7, 11) is 0. The Hall–Kier alpha value is -1.75. The summed E-state index contributed by atoms with van der Waals surface area (Å²) in [6.07, 6.45) is 1.92. The van der Waals surface area contributed by atoms with Crippen molar-refractivity contribution in [3.05, 3.63) is 41.6 Å². The van der Waals surface area contributed by atoms with Gasteiger partial charge in [-0.25, -0.2) is 4.68 Å². The van der Waals surface area contributed by atoms with E-state index in [0.717, 1.165) is 29.2 Å². The van der Waals surface area contributed by atoms with E-state index < -0.39 is 5.97 Å². The molecule has 106 valence electrons. The van der Waals surface area contributed by atoms with Crippen molar-refractivity contribution in [2.24, 2.45) is 0 Å². The van der Waals surface area contributed by atoms with Crippen LogP contribution in [-0.2, 0) is 11.2 Å². The zero-order valence-electron chi connectivity index (χ0n) is 11.7. The van der Waals surface area contributed by atoms with Crippen LogP contribution in [0.2, 0.25) is 0 Å². The molecule has 0 radical (unpaired) electrons. The number of aromatic nitrogens is 2. The highest BCUT2D eigenvalue weighted by atomic mass is 32.2. The third-order valence-electron chi connectivity index (χ3n) is 2.86. The van der Waals surface area contributed by atoms with E-state index in [9.17, 15) is 4.79 Å². The Morgan fingerprint density at radius 1 is 1.35 bits per heavy atom. The number of carbonyl (C=O) groups is 1. The standard InChI is InChI=1S/C15H18N2O2S/c1-3-4-12-9-14(20-10-15(18)19)17(16-12)13-7-5-11(2)6-8-13/h5-9H,3-4,10H2,1-2H3,(H,18,19). The van der Waals surface area contributed by atoms with Crippen LogP contribution in [0, 0.1) is 6.92 Å². The van der Waals surface area contributed by atoms with Crippen LogP contribution < -0.4 is 0 Å². The first-order valence-corrected chi connectivity index (χ1v) is 7.59. The SMILES string of the molecule is CCCc1cc(SCC(=O)O)n(-c2ccc(C)cc2)n1. The van der Waals surface area contributed by atoms with Crippen LogP contribution in [0.1, 0.15) is 24.6 Å². The molecule has 0 saturated heterocycles. The number of aliphatic carboxylic acids is 1. The minimum absolute atomic E-state index is 0.0448. The van der Waals surface area contributed by atoms with Gasteiger partial charge >= 0.3 is 5.97 Å². The molecule has 0 atom stereocenters. The smallest absolute Gasteiger partial charge is 0.313 e. The first-order valence-electron chi connectivity index (χ1n) is 6.60. The van der Waals surface area contributed by atoms with Gasteiger partial charge in [0.05, 0.1) is 17.1 Å². The number of hydrogen-bond donors (Lipinski definition) is 1. The monoisotopic (exact) mass is 290 g/mol. The number of benzene rings is 1. The van der Waals surface area contributed by atoms with Crippen LogP contribution >= 0.6 is 11.8 Å². The van der Waals surface area contributed by atoms with E-state index in [0.29, 0.717) is 0 Å². The van der Waals surface area contributed by atoms with Crippen LogP contribution in [0.5, 0.6) is 0 Å². The van der Waals surface area contributed by atoms with Crippen molar-refractivity contribution in [1.82, 2.24) is 9.78 Å². The summed E-state index contributed by atoms with van der Waals surface area (Å²) in [5, 5.41) is 14.3. The Morgan fingerprint density at radius 2 is 2.05 bits per heavy atom. The summed E-state index contributed by atoms with van der Waals surface area (Å²) in [6.45, 7) is 4.14. The number of nitrogens with zero attached hydrogens (tertiary/aromatic N) is 2. The molecule has 1 aromatic carbocycles. The maximum absolute atomic E-state index is 10.7. The Bertz CT molecular complexity index is 590. The minimum atomic E-state index is -0.816. The summed E-state index contributed by atoms with van der Waals surface area (Å²) in [6, 6.07) is 10.0. The molecule has 4 nitrogen and oxygen atoms in total. The molecule has 0 aliphatic rings. The third-order valence-corrected chi connectivity index (χ3v) is 3.83. The maximum atomic E-state index is 10.7. The van der Waals surface area contributed by atoms with Gasteiger partial charge in [-0.15, -0.1) is 0 Å². The van der Waals surface area contributed by atoms with E-state index in [1.807, 2.05) is 41.9 Å². The largest absolute Gasteiger partial charge is 0.481 e. The number of rotatable bonds is 6. The van der Waals surface area contributed by atoms with Crippen molar-refractivity contribution >= 4 is 17.7 Å². The number of carboxylic acids is 1. The summed E-state index contributed by atoms with van der Waals surface area (Å²) >= 11 is 1.30. The second-order valence-corrected chi connectivity index (χ2v) is 5.65.